The van der Waals surface area contributed by atoms with Gasteiger partial charge in [0.05, 0.1) is 17.8 Å². The molecule has 1 aromatic rings. The number of nitrogens with zero attached hydrogens (tertiary/aromatic N) is 4. The van der Waals surface area contributed by atoms with Crippen molar-refractivity contribution in [3.8, 4) is 0 Å². The Kier molecular flexibility index (Phi) is 6.43. The van der Waals surface area contributed by atoms with Crippen LogP contribution in [0.2, 0.25) is 0 Å². The van der Waals surface area contributed by atoms with Gasteiger partial charge in [-0.2, -0.15) is 0 Å². The van der Waals surface area contributed by atoms with Crippen LogP contribution in [-0.4, -0.2) is 89.3 Å². The van der Waals surface area contributed by atoms with Crippen LogP contribution in [0.25, 0.3) is 0 Å². The van der Waals surface area contributed by atoms with Crippen molar-refractivity contribution in [1.29, 1.82) is 0 Å². The van der Waals surface area contributed by atoms with Crippen molar-refractivity contribution in [2.24, 2.45) is 0 Å². The van der Waals surface area contributed by atoms with Gasteiger partial charge in [0.25, 0.3) is 5.91 Å². The van der Waals surface area contributed by atoms with Crippen LogP contribution in [0.15, 0.2) is 24.3 Å². The molecule has 0 saturated carbocycles. The Bertz CT molecular complexity index is 956. The molecule has 4 rings (SSSR count). The van der Waals surface area contributed by atoms with E-state index in [0.29, 0.717) is 56.8 Å². The fraction of sp³-hybridized carbons (Fsp3) is 0.583. The molecule has 3 aliphatic rings. The van der Waals surface area contributed by atoms with Crippen molar-refractivity contribution in [3.63, 3.8) is 0 Å². The summed E-state index contributed by atoms with van der Waals surface area (Å²) in [6.07, 6.45) is 1.14. The van der Waals surface area contributed by atoms with Crippen LogP contribution < -0.4 is 10.2 Å². The molecule has 1 N–H and O–H groups in total. The Balaban J connectivity index is 1.36. The first-order chi connectivity index (χ1) is 15.7. The maximum atomic E-state index is 13.3. The van der Waals surface area contributed by atoms with Crippen molar-refractivity contribution in [3.05, 3.63) is 29.8 Å². The molecule has 2 saturated heterocycles. The lowest BCUT2D eigenvalue weighted by Gasteiger charge is -2.48. The molecule has 1 atom stereocenters. The average Bonchev–Trinajstić information content (AvgIpc) is 3.08. The van der Waals surface area contributed by atoms with Crippen LogP contribution >= 0.6 is 0 Å². The fourth-order valence-electron chi connectivity index (χ4n) is 5.13. The maximum Gasteiger partial charge on any atom is 0.257 e. The normalized spacial score (nSPS) is 23.1. The van der Waals surface area contributed by atoms with Gasteiger partial charge in [0, 0.05) is 51.6 Å². The largest absolute Gasteiger partial charge is 0.353 e. The van der Waals surface area contributed by atoms with E-state index in [1.165, 1.54) is 0 Å². The molecule has 3 heterocycles. The molecule has 1 aromatic carbocycles. The number of nitrogens with one attached hydrogen (secondary N) is 1. The van der Waals surface area contributed by atoms with Gasteiger partial charge in [0.1, 0.15) is 5.66 Å². The number of fused-ring (bicyclic) bond motifs is 3. The van der Waals surface area contributed by atoms with Gasteiger partial charge >= 0.3 is 0 Å². The number of rotatable bonds is 6. The van der Waals surface area contributed by atoms with Gasteiger partial charge in [-0.05, 0) is 39.3 Å². The molecule has 4 amide bonds. The molecule has 0 spiro atoms. The van der Waals surface area contributed by atoms with Gasteiger partial charge in [-0.1, -0.05) is 12.1 Å². The first kappa shape index (κ1) is 23.2. The summed E-state index contributed by atoms with van der Waals surface area (Å²) in [5.74, 6) is -0.135. The average molecular weight is 456 g/mol. The highest BCUT2D eigenvalue weighted by Gasteiger charge is 2.52. The van der Waals surface area contributed by atoms with Crippen molar-refractivity contribution in [2.45, 2.75) is 51.7 Å². The maximum absolute atomic E-state index is 13.3. The summed E-state index contributed by atoms with van der Waals surface area (Å²) in [5.41, 5.74) is 0.421. The Morgan fingerprint density at radius 2 is 1.79 bits per heavy atom. The molecule has 0 aliphatic carbocycles. The SMILES string of the molecule is CC(C)NC(=O)CN1CCN(C(=O)CCN2C(=O)c3ccccc3N3C(=O)CCC23C)CC1. The third-order valence-corrected chi connectivity index (χ3v) is 6.84. The number of hydrogen-bond donors (Lipinski definition) is 1. The number of benzene rings is 1. The topological polar surface area (TPSA) is 93.3 Å². The van der Waals surface area contributed by atoms with Gasteiger partial charge in [0.2, 0.25) is 17.7 Å². The van der Waals surface area contributed by atoms with Gasteiger partial charge in [0.15, 0.2) is 0 Å². The van der Waals surface area contributed by atoms with E-state index in [4.69, 9.17) is 0 Å². The second-order valence-corrected chi connectivity index (χ2v) is 9.55. The van der Waals surface area contributed by atoms with Crippen molar-refractivity contribution in [1.82, 2.24) is 20.0 Å². The van der Waals surface area contributed by atoms with Crippen LogP contribution in [-0.2, 0) is 14.4 Å². The van der Waals surface area contributed by atoms with Crippen LogP contribution in [0, 0.1) is 0 Å². The molecule has 9 heteroatoms. The Morgan fingerprint density at radius 1 is 1.09 bits per heavy atom. The van der Waals surface area contributed by atoms with E-state index in [2.05, 4.69) is 10.2 Å². The number of para-hydroxylation sites is 1. The zero-order chi connectivity index (χ0) is 23.8. The summed E-state index contributed by atoms with van der Waals surface area (Å²) < 4.78 is 0. The number of carbonyl (C=O) groups excluding carboxylic acids is 4. The van der Waals surface area contributed by atoms with E-state index >= 15 is 0 Å². The zero-order valence-corrected chi connectivity index (χ0v) is 19.7. The monoisotopic (exact) mass is 455 g/mol. The number of hydrogen-bond acceptors (Lipinski definition) is 5. The number of anilines is 1. The van der Waals surface area contributed by atoms with Crippen LogP contribution in [0.1, 0.15) is 50.4 Å². The van der Waals surface area contributed by atoms with E-state index in [1.54, 1.807) is 26.8 Å². The molecule has 0 bridgehead atoms. The molecule has 1 unspecified atom stereocenters. The van der Waals surface area contributed by atoms with Crippen molar-refractivity contribution >= 4 is 29.3 Å². The highest BCUT2D eigenvalue weighted by molar-refractivity contribution is 6.10. The standard InChI is InChI=1S/C24H33N5O4/c1-17(2)25-20(30)16-26-12-14-27(15-13-26)21(31)9-11-28-23(33)18-6-4-5-7-19(18)29-22(32)8-10-24(28,29)3/h4-7,17H,8-16H2,1-3H3,(H,25,30). The second-order valence-electron chi connectivity index (χ2n) is 9.55. The third-order valence-electron chi connectivity index (χ3n) is 6.84. The summed E-state index contributed by atoms with van der Waals surface area (Å²) in [6, 6.07) is 7.30. The summed E-state index contributed by atoms with van der Waals surface area (Å²) in [7, 11) is 0. The summed E-state index contributed by atoms with van der Waals surface area (Å²) in [6.45, 7) is 8.80. The van der Waals surface area contributed by atoms with E-state index in [9.17, 15) is 19.2 Å². The van der Waals surface area contributed by atoms with Crippen LogP contribution in [0.3, 0.4) is 0 Å². The minimum atomic E-state index is -0.745. The lowest BCUT2D eigenvalue weighted by Crippen LogP contribution is -2.62. The lowest BCUT2D eigenvalue weighted by atomic mass is 9.98. The van der Waals surface area contributed by atoms with E-state index in [1.807, 2.05) is 32.9 Å². The molecule has 9 nitrogen and oxygen atoms in total. The first-order valence-corrected chi connectivity index (χ1v) is 11.7. The van der Waals surface area contributed by atoms with E-state index in [-0.39, 0.29) is 42.6 Å². The quantitative estimate of drug-likeness (QED) is 0.692. The van der Waals surface area contributed by atoms with Crippen molar-refractivity contribution in [2.75, 3.05) is 44.2 Å². The molecular weight excluding hydrogens is 422 g/mol. The lowest BCUT2D eigenvalue weighted by molar-refractivity contribution is -0.133. The first-order valence-electron chi connectivity index (χ1n) is 11.7. The summed E-state index contributed by atoms with van der Waals surface area (Å²) in [5, 5.41) is 2.89. The molecular formula is C24H33N5O4. The summed E-state index contributed by atoms with van der Waals surface area (Å²) >= 11 is 0. The molecule has 2 fully saturated rings. The minimum Gasteiger partial charge on any atom is -0.353 e. The smallest absolute Gasteiger partial charge is 0.257 e. The highest BCUT2D eigenvalue weighted by Crippen LogP contribution is 2.43. The fourth-order valence-corrected chi connectivity index (χ4v) is 5.13. The Labute approximate surface area is 194 Å². The predicted octanol–water partition coefficient (Wildman–Crippen LogP) is 1.04. The van der Waals surface area contributed by atoms with Gasteiger partial charge in [-0.15, -0.1) is 0 Å². The molecule has 178 valence electrons. The Hall–Kier alpha value is -2.94. The van der Waals surface area contributed by atoms with Crippen LogP contribution in [0.5, 0.6) is 0 Å². The molecule has 3 aliphatic heterocycles. The van der Waals surface area contributed by atoms with E-state index < -0.39 is 5.66 Å². The molecule has 0 radical (unpaired) electrons. The van der Waals surface area contributed by atoms with Gasteiger partial charge in [-0.25, -0.2) is 0 Å². The summed E-state index contributed by atoms with van der Waals surface area (Å²) in [4.78, 5) is 58.2. The number of piperazine rings is 1. The second kappa shape index (κ2) is 9.13. The minimum absolute atomic E-state index is 0.00224. The zero-order valence-electron chi connectivity index (χ0n) is 19.7. The predicted molar refractivity (Wildman–Crippen MR) is 124 cm³/mol. The number of carbonyl (C=O) groups is 4. The van der Waals surface area contributed by atoms with Gasteiger partial charge in [-0.3, -0.25) is 29.0 Å². The van der Waals surface area contributed by atoms with Crippen molar-refractivity contribution < 1.29 is 19.2 Å². The number of amides is 4. The highest BCUT2D eigenvalue weighted by atomic mass is 16.2. The Morgan fingerprint density at radius 3 is 2.48 bits per heavy atom. The van der Waals surface area contributed by atoms with E-state index in [0.717, 1.165) is 0 Å². The van der Waals surface area contributed by atoms with Crippen LogP contribution in [0.4, 0.5) is 5.69 Å². The molecule has 33 heavy (non-hydrogen) atoms. The van der Waals surface area contributed by atoms with Gasteiger partial charge < -0.3 is 15.1 Å². The molecule has 0 aromatic heterocycles. The third kappa shape index (κ3) is 4.46.